The first-order valence-electron chi connectivity index (χ1n) is 10.5. The molecular weight excluding hydrogens is 473 g/mol. The van der Waals surface area contributed by atoms with Crippen molar-refractivity contribution in [3.05, 3.63) is 38.9 Å². The fraction of sp³-hybridized carbons (Fsp3) is 0.476. The molecule has 1 aromatic carbocycles. The van der Waals surface area contributed by atoms with Crippen molar-refractivity contribution in [1.82, 2.24) is 14.6 Å². The molecule has 1 fully saturated rings. The number of rotatable bonds is 10. The van der Waals surface area contributed by atoms with Gasteiger partial charge in [0.2, 0.25) is 5.88 Å². The molecular formula is C21H27Cl2N5O3S. The number of carbonyl (C=O) groups is 2. The first-order valence-corrected chi connectivity index (χ1v) is 12.0. The third-order valence-corrected chi connectivity index (χ3v) is 6.72. The zero-order valence-electron chi connectivity index (χ0n) is 17.9. The van der Waals surface area contributed by atoms with Crippen molar-refractivity contribution in [2.45, 2.75) is 39.2 Å². The van der Waals surface area contributed by atoms with Gasteiger partial charge >= 0.3 is 6.03 Å². The van der Waals surface area contributed by atoms with Crippen LogP contribution in [-0.4, -0.2) is 47.4 Å². The van der Waals surface area contributed by atoms with Gasteiger partial charge < -0.3 is 20.7 Å². The Morgan fingerprint density at radius 1 is 1.22 bits per heavy atom. The van der Waals surface area contributed by atoms with E-state index in [1.807, 2.05) is 6.92 Å². The van der Waals surface area contributed by atoms with E-state index in [4.69, 9.17) is 33.7 Å². The van der Waals surface area contributed by atoms with E-state index in [1.54, 1.807) is 12.1 Å². The van der Waals surface area contributed by atoms with Gasteiger partial charge in [-0.1, -0.05) is 23.2 Å². The summed E-state index contributed by atoms with van der Waals surface area (Å²) in [6, 6.07) is 3.02. The smallest absolute Gasteiger partial charge is 0.319 e. The molecule has 0 aliphatic carbocycles. The largest absolute Gasteiger partial charge is 0.472 e. The Morgan fingerprint density at radius 3 is 2.69 bits per heavy atom. The number of amides is 3. The molecule has 11 heteroatoms. The van der Waals surface area contributed by atoms with E-state index in [0.29, 0.717) is 22.2 Å². The molecule has 1 aliphatic rings. The highest BCUT2D eigenvalue weighted by atomic mass is 35.5. The Labute approximate surface area is 201 Å². The van der Waals surface area contributed by atoms with E-state index >= 15 is 0 Å². The van der Waals surface area contributed by atoms with E-state index in [2.05, 4.69) is 19.9 Å². The van der Waals surface area contributed by atoms with Gasteiger partial charge in [-0.2, -0.15) is 4.37 Å². The first kappa shape index (κ1) is 24.6. The number of benzene rings is 1. The molecule has 0 bridgehead atoms. The minimum absolute atomic E-state index is 0.0218. The van der Waals surface area contributed by atoms with Crippen molar-refractivity contribution in [3.63, 3.8) is 0 Å². The molecule has 2 heterocycles. The molecule has 0 atom stereocenters. The van der Waals surface area contributed by atoms with Gasteiger partial charge in [-0.3, -0.25) is 10.1 Å². The van der Waals surface area contributed by atoms with Crippen LogP contribution in [0.4, 0.5) is 9.80 Å². The molecule has 3 amide bonds. The van der Waals surface area contributed by atoms with Crippen molar-refractivity contribution < 1.29 is 14.3 Å². The number of unbranched alkanes of at least 4 members (excludes halogenated alkanes) is 1. The van der Waals surface area contributed by atoms with Crippen LogP contribution >= 0.6 is 34.7 Å². The van der Waals surface area contributed by atoms with E-state index < -0.39 is 11.9 Å². The summed E-state index contributed by atoms with van der Waals surface area (Å²) < 4.78 is 9.79. The van der Waals surface area contributed by atoms with Crippen molar-refractivity contribution >= 4 is 51.7 Å². The first-order chi connectivity index (χ1) is 15.3. The lowest BCUT2D eigenvalue weighted by Crippen LogP contribution is -2.30. The van der Waals surface area contributed by atoms with Crippen molar-refractivity contribution in [2.75, 3.05) is 31.5 Å². The molecule has 0 saturated carbocycles. The molecule has 0 radical (unpaired) electrons. The number of ether oxygens (including phenoxy) is 1. The highest BCUT2D eigenvalue weighted by Crippen LogP contribution is 2.32. The number of hydrogen-bond donors (Lipinski definition) is 3. The van der Waals surface area contributed by atoms with Gasteiger partial charge in [0, 0.05) is 22.2 Å². The summed E-state index contributed by atoms with van der Waals surface area (Å²) in [6.45, 7) is 5.83. The number of hydrogen-bond acceptors (Lipinski definition) is 6. The Morgan fingerprint density at radius 2 is 1.97 bits per heavy atom. The number of primary amides is 1. The standard InChI is InChI=1S/C21H27Cl2N5O3S/c1-13-10-16(23)14(11-15(13)22)12-31-19-17(18(24)29)20(32-27-19)26-21(30)25-6-2-3-7-28-8-4-5-9-28/h10-11H,2-9,12H2,1H3,(H2,24,29)(H2,25,26,30). The number of urea groups is 1. The highest BCUT2D eigenvalue weighted by Gasteiger charge is 2.22. The van der Waals surface area contributed by atoms with E-state index in [0.717, 1.165) is 36.5 Å². The second-order valence-corrected chi connectivity index (χ2v) is 9.26. The SMILES string of the molecule is Cc1cc(Cl)c(COc2nsc(NC(=O)NCCCCN3CCCC3)c2C(N)=O)cc1Cl. The summed E-state index contributed by atoms with van der Waals surface area (Å²) >= 11 is 13.3. The quantitative estimate of drug-likeness (QED) is 0.418. The molecule has 8 nitrogen and oxygen atoms in total. The minimum atomic E-state index is -0.748. The normalized spacial score (nSPS) is 13.8. The fourth-order valence-electron chi connectivity index (χ4n) is 3.44. The molecule has 1 aromatic heterocycles. The maximum Gasteiger partial charge on any atom is 0.319 e. The molecule has 1 saturated heterocycles. The van der Waals surface area contributed by atoms with Crippen LogP contribution in [0, 0.1) is 6.92 Å². The molecule has 4 N–H and O–H groups in total. The molecule has 1 aliphatic heterocycles. The van der Waals surface area contributed by atoms with Crippen LogP contribution in [0.15, 0.2) is 12.1 Å². The molecule has 2 aromatic rings. The fourth-order valence-corrected chi connectivity index (χ4v) is 4.63. The summed E-state index contributed by atoms with van der Waals surface area (Å²) in [5.74, 6) is -0.709. The predicted octanol–water partition coefficient (Wildman–Crippen LogP) is 4.43. The average molecular weight is 500 g/mol. The summed E-state index contributed by atoms with van der Waals surface area (Å²) in [5.41, 5.74) is 7.02. The maximum absolute atomic E-state index is 12.2. The van der Waals surface area contributed by atoms with Crippen LogP contribution in [0.25, 0.3) is 0 Å². The zero-order valence-corrected chi connectivity index (χ0v) is 20.2. The van der Waals surface area contributed by atoms with Crippen LogP contribution in [0.2, 0.25) is 10.0 Å². The number of carbonyl (C=O) groups excluding carboxylic acids is 2. The van der Waals surface area contributed by atoms with Crippen molar-refractivity contribution in [2.24, 2.45) is 5.73 Å². The van der Waals surface area contributed by atoms with Crippen LogP contribution in [0.1, 0.15) is 47.2 Å². The molecule has 3 rings (SSSR count). The van der Waals surface area contributed by atoms with Gasteiger partial charge in [0.1, 0.15) is 17.2 Å². The lowest BCUT2D eigenvalue weighted by molar-refractivity contribution is 0.0996. The number of halogens is 2. The van der Waals surface area contributed by atoms with E-state index in [1.165, 1.54) is 25.9 Å². The molecule has 0 unspecified atom stereocenters. The van der Waals surface area contributed by atoms with Gasteiger partial charge in [-0.15, -0.1) is 0 Å². The zero-order chi connectivity index (χ0) is 23.1. The van der Waals surface area contributed by atoms with Gasteiger partial charge in [0.05, 0.1) is 0 Å². The summed E-state index contributed by atoms with van der Waals surface area (Å²) in [5, 5.41) is 6.71. The third-order valence-electron chi connectivity index (χ3n) is 5.21. The maximum atomic E-state index is 12.2. The number of nitrogens with one attached hydrogen (secondary N) is 2. The number of anilines is 1. The predicted molar refractivity (Wildman–Crippen MR) is 128 cm³/mol. The third kappa shape index (κ3) is 6.71. The van der Waals surface area contributed by atoms with Crippen molar-refractivity contribution in [3.8, 4) is 5.88 Å². The van der Waals surface area contributed by atoms with Crippen LogP contribution in [0.3, 0.4) is 0 Å². The van der Waals surface area contributed by atoms with Gasteiger partial charge in [-0.25, -0.2) is 4.79 Å². The highest BCUT2D eigenvalue weighted by molar-refractivity contribution is 7.11. The molecule has 32 heavy (non-hydrogen) atoms. The second kappa shape index (κ2) is 11.7. The number of nitrogens with two attached hydrogens (primary N) is 1. The Bertz CT molecular complexity index is 963. The Balaban J connectivity index is 1.52. The van der Waals surface area contributed by atoms with Gasteiger partial charge in [-0.05, 0) is 81.5 Å². The monoisotopic (exact) mass is 499 g/mol. The Kier molecular flexibility index (Phi) is 8.98. The van der Waals surface area contributed by atoms with Gasteiger partial charge in [0.25, 0.3) is 5.91 Å². The van der Waals surface area contributed by atoms with Crippen molar-refractivity contribution in [1.29, 1.82) is 0 Å². The van der Waals surface area contributed by atoms with Crippen LogP contribution in [0.5, 0.6) is 5.88 Å². The Hall–Kier alpha value is -2.07. The number of nitrogens with zero attached hydrogens (tertiary/aromatic N) is 2. The van der Waals surface area contributed by atoms with Gasteiger partial charge in [0.15, 0.2) is 0 Å². The lowest BCUT2D eigenvalue weighted by atomic mass is 10.1. The summed E-state index contributed by atoms with van der Waals surface area (Å²) in [7, 11) is 0. The second-order valence-electron chi connectivity index (χ2n) is 7.67. The summed E-state index contributed by atoms with van der Waals surface area (Å²) in [4.78, 5) is 26.6. The molecule has 174 valence electrons. The van der Waals surface area contributed by atoms with E-state index in [-0.39, 0.29) is 23.1 Å². The average Bonchev–Trinajstić information content (AvgIpc) is 3.39. The number of aromatic nitrogens is 1. The van der Waals surface area contributed by atoms with E-state index in [9.17, 15) is 9.59 Å². The minimum Gasteiger partial charge on any atom is -0.472 e. The van der Waals surface area contributed by atoms with Crippen LogP contribution in [-0.2, 0) is 6.61 Å². The lowest BCUT2D eigenvalue weighted by Gasteiger charge is -2.14. The summed E-state index contributed by atoms with van der Waals surface area (Å²) in [6.07, 6.45) is 4.45. The molecule has 0 spiro atoms. The number of aryl methyl sites for hydroxylation is 1. The number of likely N-dealkylation sites (tertiary alicyclic amines) is 1. The van der Waals surface area contributed by atoms with Crippen LogP contribution < -0.4 is 21.1 Å². The topological polar surface area (TPSA) is 110 Å².